The highest BCUT2D eigenvalue weighted by Crippen LogP contribution is 2.17. The van der Waals surface area contributed by atoms with E-state index in [0.29, 0.717) is 17.7 Å². The zero-order chi connectivity index (χ0) is 14.5. The Labute approximate surface area is 118 Å². The molecule has 106 valence electrons. The van der Waals surface area contributed by atoms with Crippen LogP contribution in [0.3, 0.4) is 0 Å². The Kier molecular flexibility index (Phi) is 5.62. The Morgan fingerprint density at radius 1 is 1.37 bits per heavy atom. The van der Waals surface area contributed by atoms with Crippen LogP contribution >= 0.6 is 11.6 Å². The van der Waals surface area contributed by atoms with E-state index in [2.05, 4.69) is 9.46 Å². The zero-order valence-electron chi connectivity index (χ0n) is 10.8. The largest absolute Gasteiger partial charge is 0.465 e. The number of hydrogen-bond donors (Lipinski definition) is 1. The summed E-state index contributed by atoms with van der Waals surface area (Å²) in [6.45, 7) is 1.77. The Morgan fingerprint density at radius 2 is 2.05 bits per heavy atom. The van der Waals surface area contributed by atoms with Gasteiger partial charge in [0.15, 0.2) is 0 Å². The van der Waals surface area contributed by atoms with Crippen LogP contribution in [0, 0.1) is 6.92 Å². The number of carbonyl (C=O) groups is 1. The van der Waals surface area contributed by atoms with Gasteiger partial charge in [0.1, 0.15) is 0 Å². The maximum atomic E-state index is 11.7. The summed E-state index contributed by atoms with van der Waals surface area (Å²) in [7, 11) is -2.18. The van der Waals surface area contributed by atoms with Crippen molar-refractivity contribution < 1.29 is 17.9 Å². The monoisotopic (exact) mass is 305 g/mol. The lowest BCUT2D eigenvalue weighted by Crippen LogP contribution is -2.17. The summed E-state index contributed by atoms with van der Waals surface area (Å²) in [6.07, 6.45) is 0.368. The molecule has 1 aromatic carbocycles. The van der Waals surface area contributed by atoms with Gasteiger partial charge in [0, 0.05) is 11.6 Å². The lowest BCUT2D eigenvalue weighted by Gasteiger charge is -2.09. The number of sulfonamides is 1. The number of rotatable bonds is 6. The lowest BCUT2D eigenvalue weighted by atomic mass is 10.1. The Morgan fingerprint density at radius 3 is 2.63 bits per heavy atom. The second-order valence-corrected chi connectivity index (χ2v) is 6.26. The SMILES string of the molecule is COC(=O)c1cc(C)cc(NS(=O)(=O)CCCCl)c1. The molecule has 0 aromatic heterocycles. The summed E-state index contributed by atoms with van der Waals surface area (Å²) in [5, 5.41) is 0. The van der Waals surface area contributed by atoms with Crippen molar-refractivity contribution in [3.05, 3.63) is 29.3 Å². The van der Waals surface area contributed by atoms with Gasteiger partial charge in [-0.3, -0.25) is 4.72 Å². The molecule has 1 N–H and O–H groups in total. The van der Waals surface area contributed by atoms with Crippen LogP contribution in [0.1, 0.15) is 22.3 Å². The van der Waals surface area contributed by atoms with Gasteiger partial charge in [-0.05, 0) is 37.1 Å². The molecule has 0 saturated heterocycles. The number of hydrogen-bond acceptors (Lipinski definition) is 4. The van der Waals surface area contributed by atoms with Crippen LogP contribution in [0.2, 0.25) is 0 Å². The van der Waals surface area contributed by atoms with Crippen LogP contribution in [-0.2, 0) is 14.8 Å². The predicted octanol–water partition coefficient (Wildman–Crippen LogP) is 2.15. The normalized spacial score (nSPS) is 11.1. The quantitative estimate of drug-likeness (QED) is 0.645. The molecule has 0 aliphatic carbocycles. The average Bonchev–Trinajstić information content (AvgIpc) is 2.34. The van der Waals surface area contributed by atoms with Gasteiger partial charge >= 0.3 is 5.97 Å². The molecule has 0 heterocycles. The van der Waals surface area contributed by atoms with E-state index in [9.17, 15) is 13.2 Å². The van der Waals surface area contributed by atoms with E-state index in [-0.39, 0.29) is 11.6 Å². The standard InChI is InChI=1S/C12H16ClNO4S/c1-9-6-10(12(15)18-2)8-11(7-9)14-19(16,17)5-3-4-13/h6-8,14H,3-5H2,1-2H3. The number of halogens is 1. The number of nitrogens with one attached hydrogen (secondary N) is 1. The van der Waals surface area contributed by atoms with Crippen LogP contribution in [0.4, 0.5) is 5.69 Å². The summed E-state index contributed by atoms with van der Waals surface area (Å²) in [5.41, 5.74) is 1.41. The third-order valence-electron chi connectivity index (χ3n) is 2.32. The third-order valence-corrected chi connectivity index (χ3v) is 3.96. The molecule has 0 radical (unpaired) electrons. The smallest absolute Gasteiger partial charge is 0.337 e. The van der Waals surface area contributed by atoms with Crippen molar-refractivity contribution in [3.8, 4) is 0 Å². The van der Waals surface area contributed by atoms with E-state index in [0.717, 1.165) is 5.56 Å². The second-order valence-electron chi connectivity index (χ2n) is 4.04. The van der Waals surface area contributed by atoms with Crippen LogP contribution in [-0.4, -0.2) is 33.1 Å². The molecule has 1 rings (SSSR count). The number of alkyl halides is 1. The number of anilines is 1. The molecule has 5 nitrogen and oxygen atoms in total. The predicted molar refractivity (Wildman–Crippen MR) is 75.3 cm³/mol. The van der Waals surface area contributed by atoms with E-state index >= 15 is 0 Å². The molecule has 0 fully saturated rings. The summed E-state index contributed by atoms with van der Waals surface area (Å²) < 4.78 is 30.5. The van der Waals surface area contributed by atoms with Crippen molar-refractivity contribution in [1.82, 2.24) is 0 Å². The number of aryl methyl sites for hydroxylation is 1. The highest BCUT2D eigenvalue weighted by Gasteiger charge is 2.13. The molecular formula is C12H16ClNO4S. The number of carbonyl (C=O) groups excluding carboxylic acids is 1. The van der Waals surface area contributed by atoms with Crippen molar-refractivity contribution in [2.75, 3.05) is 23.5 Å². The third kappa shape index (κ3) is 5.08. The van der Waals surface area contributed by atoms with E-state index in [1.54, 1.807) is 19.1 Å². The fraction of sp³-hybridized carbons (Fsp3) is 0.417. The number of methoxy groups -OCH3 is 1. The summed E-state index contributed by atoms with van der Waals surface area (Å²) >= 11 is 5.47. The molecule has 0 aliphatic rings. The zero-order valence-corrected chi connectivity index (χ0v) is 12.3. The van der Waals surface area contributed by atoms with Gasteiger partial charge in [-0.25, -0.2) is 13.2 Å². The number of ether oxygens (including phenoxy) is 1. The molecule has 0 saturated carbocycles. The minimum atomic E-state index is -3.45. The first-order valence-electron chi connectivity index (χ1n) is 5.64. The Hall–Kier alpha value is -1.27. The van der Waals surface area contributed by atoms with Gasteiger partial charge in [-0.2, -0.15) is 0 Å². The Bertz CT molecular complexity index is 557. The van der Waals surface area contributed by atoms with Crippen LogP contribution in [0.25, 0.3) is 0 Å². The van der Waals surface area contributed by atoms with Crippen molar-refractivity contribution >= 4 is 33.3 Å². The molecular weight excluding hydrogens is 290 g/mol. The fourth-order valence-electron chi connectivity index (χ4n) is 1.55. The second kappa shape index (κ2) is 6.77. The first-order valence-corrected chi connectivity index (χ1v) is 7.83. The first kappa shape index (κ1) is 15.8. The van der Waals surface area contributed by atoms with Gasteiger partial charge in [-0.15, -0.1) is 11.6 Å². The molecule has 0 unspecified atom stereocenters. The van der Waals surface area contributed by atoms with Gasteiger partial charge in [0.25, 0.3) is 0 Å². The van der Waals surface area contributed by atoms with E-state index in [1.807, 2.05) is 0 Å². The average molecular weight is 306 g/mol. The van der Waals surface area contributed by atoms with Crippen molar-refractivity contribution in [2.45, 2.75) is 13.3 Å². The van der Waals surface area contributed by atoms with Crippen LogP contribution in [0.15, 0.2) is 18.2 Å². The molecule has 0 bridgehead atoms. The lowest BCUT2D eigenvalue weighted by molar-refractivity contribution is 0.0600. The fourth-order valence-corrected chi connectivity index (χ4v) is 2.95. The highest BCUT2D eigenvalue weighted by molar-refractivity contribution is 7.92. The molecule has 19 heavy (non-hydrogen) atoms. The van der Waals surface area contributed by atoms with Crippen LogP contribution < -0.4 is 4.72 Å². The van der Waals surface area contributed by atoms with Crippen molar-refractivity contribution in [1.29, 1.82) is 0 Å². The number of esters is 1. The van der Waals surface area contributed by atoms with Crippen LogP contribution in [0.5, 0.6) is 0 Å². The Balaban J connectivity index is 2.96. The van der Waals surface area contributed by atoms with E-state index < -0.39 is 16.0 Å². The van der Waals surface area contributed by atoms with E-state index in [4.69, 9.17) is 11.6 Å². The number of benzene rings is 1. The first-order chi connectivity index (χ1) is 8.88. The molecule has 7 heteroatoms. The van der Waals surface area contributed by atoms with Crippen molar-refractivity contribution in [2.24, 2.45) is 0 Å². The van der Waals surface area contributed by atoms with E-state index in [1.165, 1.54) is 13.2 Å². The highest BCUT2D eigenvalue weighted by atomic mass is 35.5. The van der Waals surface area contributed by atoms with Gasteiger partial charge in [0.05, 0.1) is 18.4 Å². The summed E-state index contributed by atoms with van der Waals surface area (Å²) in [6, 6.07) is 4.71. The minimum Gasteiger partial charge on any atom is -0.465 e. The summed E-state index contributed by atoms with van der Waals surface area (Å²) in [5.74, 6) is -0.287. The molecule has 0 atom stereocenters. The maximum Gasteiger partial charge on any atom is 0.337 e. The van der Waals surface area contributed by atoms with Gasteiger partial charge < -0.3 is 4.74 Å². The minimum absolute atomic E-state index is 0.0575. The molecule has 0 amide bonds. The maximum absolute atomic E-state index is 11.7. The summed E-state index contributed by atoms with van der Waals surface area (Å²) in [4.78, 5) is 11.4. The van der Waals surface area contributed by atoms with Crippen molar-refractivity contribution in [3.63, 3.8) is 0 Å². The molecule has 0 aliphatic heterocycles. The van der Waals surface area contributed by atoms with Gasteiger partial charge in [-0.1, -0.05) is 0 Å². The molecule has 0 spiro atoms. The van der Waals surface area contributed by atoms with Gasteiger partial charge in [0.2, 0.25) is 10.0 Å². The molecule has 1 aromatic rings. The topological polar surface area (TPSA) is 72.5 Å².